The molecule has 0 saturated heterocycles. The summed E-state index contributed by atoms with van der Waals surface area (Å²) in [5, 5.41) is 4.93. The molecule has 0 aliphatic rings. The first-order valence-electron chi connectivity index (χ1n) is 6.74. The zero-order valence-electron chi connectivity index (χ0n) is 12.4. The van der Waals surface area contributed by atoms with Gasteiger partial charge >= 0.3 is 0 Å². The van der Waals surface area contributed by atoms with Gasteiger partial charge in [0.2, 0.25) is 0 Å². The Balaban J connectivity index is 3.17. The van der Waals surface area contributed by atoms with Crippen LogP contribution >= 0.6 is 11.6 Å². The summed E-state index contributed by atoms with van der Waals surface area (Å²) >= 11 is 6.28. The van der Waals surface area contributed by atoms with Crippen LogP contribution in [0.1, 0.15) is 52.4 Å². The maximum absolute atomic E-state index is 6.28. The van der Waals surface area contributed by atoms with Crippen LogP contribution in [0.15, 0.2) is 6.20 Å². The number of aromatic nitrogens is 2. The molecule has 0 saturated carbocycles. The van der Waals surface area contributed by atoms with E-state index < -0.39 is 0 Å². The van der Waals surface area contributed by atoms with Gasteiger partial charge in [0.25, 0.3) is 0 Å². The SMILES string of the molecule is CCOC(C(C)C)C(NN)c1c(Cl)cnn1C(C)C. The van der Waals surface area contributed by atoms with Gasteiger partial charge in [-0.2, -0.15) is 5.10 Å². The summed E-state index contributed by atoms with van der Waals surface area (Å²) in [4.78, 5) is 0. The Morgan fingerprint density at radius 3 is 2.47 bits per heavy atom. The van der Waals surface area contributed by atoms with Gasteiger partial charge in [-0.1, -0.05) is 25.4 Å². The largest absolute Gasteiger partial charge is 0.376 e. The number of nitrogens with zero attached hydrogens (tertiary/aromatic N) is 2. The van der Waals surface area contributed by atoms with E-state index in [0.717, 1.165) is 5.69 Å². The second-order valence-electron chi connectivity index (χ2n) is 5.22. The molecule has 5 nitrogen and oxygen atoms in total. The number of halogens is 1. The summed E-state index contributed by atoms with van der Waals surface area (Å²) in [5.74, 6) is 6.05. The number of ether oxygens (including phenoxy) is 1. The molecule has 19 heavy (non-hydrogen) atoms. The molecule has 2 unspecified atom stereocenters. The number of hydrazine groups is 1. The summed E-state index contributed by atoms with van der Waals surface area (Å²) in [7, 11) is 0. The average Bonchev–Trinajstić information content (AvgIpc) is 2.71. The number of nitrogens with one attached hydrogen (secondary N) is 1. The van der Waals surface area contributed by atoms with E-state index in [4.69, 9.17) is 22.2 Å². The van der Waals surface area contributed by atoms with Crippen molar-refractivity contribution < 1.29 is 4.74 Å². The molecule has 0 fully saturated rings. The quantitative estimate of drug-likeness (QED) is 0.598. The third-order valence-electron chi connectivity index (χ3n) is 3.09. The molecule has 6 heteroatoms. The van der Waals surface area contributed by atoms with Gasteiger partial charge in [-0.05, 0) is 26.7 Å². The summed E-state index contributed by atoms with van der Waals surface area (Å²) in [5.41, 5.74) is 3.72. The van der Waals surface area contributed by atoms with Crippen molar-refractivity contribution >= 4 is 11.6 Å². The number of nitrogens with two attached hydrogens (primary N) is 1. The Hall–Kier alpha value is -0.620. The minimum Gasteiger partial charge on any atom is -0.376 e. The molecule has 110 valence electrons. The Labute approximate surface area is 120 Å². The second-order valence-corrected chi connectivity index (χ2v) is 5.63. The lowest BCUT2D eigenvalue weighted by atomic mass is 9.97. The van der Waals surface area contributed by atoms with Crippen LogP contribution in [-0.4, -0.2) is 22.5 Å². The second kappa shape index (κ2) is 7.24. The molecular formula is C13H25ClN4O. The minimum absolute atomic E-state index is 0.0540. The maximum atomic E-state index is 6.28. The maximum Gasteiger partial charge on any atom is 0.0908 e. The Morgan fingerprint density at radius 2 is 2.05 bits per heavy atom. The van der Waals surface area contributed by atoms with Crippen molar-refractivity contribution in [2.75, 3.05) is 6.61 Å². The molecule has 0 bridgehead atoms. The van der Waals surface area contributed by atoms with E-state index in [1.165, 1.54) is 0 Å². The summed E-state index contributed by atoms with van der Waals surface area (Å²) in [6.07, 6.45) is 1.60. The molecule has 1 aromatic heterocycles. The minimum atomic E-state index is -0.183. The van der Waals surface area contributed by atoms with Crippen LogP contribution < -0.4 is 11.3 Å². The summed E-state index contributed by atoms with van der Waals surface area (Å²) in [6.45, 7) is 10.9. The molecular weight excluding hydrogens is 264 g/mol. The van der Waals surface area contributed by atoms with Crippen LogP contribution in [-0.2, 0) is 4.74 Å². The van der Waals surface area contributed by atoms with Gasteiger partial charge in [-0.25, -0.2) is 5.43 Å². The van der Waals surface area contributed by atoms with Gasteiger partial charge < -0.3 is 4.74 Å². The zero-order valence-corrected chi connectivity index (χ0v) is 13.1. The molecule has 0 aliphatic carbocycles. The topological polar surface area (TPSA) is 65.1 Å². The highest BCUT2D eigenvalue weighted by atomic mass is 35.5. The van der Waals surface area contributed by atoms with Gasteiger partial charge in [0.1, 0.15) is 0 Å². The standard InChI is InChI=1S/C13H25ClN4O/c1-6-19-13(8(2)3)11(17-15)12-10(14)7-16-18(12)9(4)5/h7-9,11,13,17H,6,15H2,1-5H3. The fourth-order valence-corrected chi connectivity index (χ4v) is 2.50. The molecule has 0 spiro atoms. The van der Waals surface area contributed by atoms with E-state index in [1.54, 1.807) is 6.20 Å². The van der Waals surface area contributed by atoms with Crippen LogP contribution in [0.25, 0.3) is 0 Å². The van der Waals surface area contributed by atoms with Crippen molar-refractivity contribution in [1.29, 1.82) is 0 Å². The predicted molar refractivity (Wildman–Crippen MR) is 77.9 cm³/mol. The molecule has 0 radical (unpaired) electrons. The van der Waals surface area contributed by atoms with E-state index in [-0.39, 0.29) is 18.2 Å². The van der Waals surface area contributed by atoms with Crippen LogP contribution in [0.2, 0.25) is 5.02 Å². The van der Waals surface area contributed by atoms with Gasteiger partial charge in [0.15, 0.2) is 0 Å². The average molecular weight is 289 g/mol. The highest BCUT2D eigenvalue weighted by Crippen LogP contribution is 2.31. The van der Waals surface area contributed by atoms with E-state index >= 15 is 0 Å². The van der Waals surface area contributed by atoms with E-state index in [2.05, 4.69) is 38.2 Å². The smallest absolute Gasteiger partial charge is 0.0908 e. The van der Waals surface area contributed by atoms with Crippen LogP contribution in [0.4, 0.5) is 0 Å². The van der Waals surface area contributed by atoms with Crippen molar-refractivity contribution in [3.05, 3.63) is 16.9 Å². The third-order valence-corrected chi connectivity index (χ3v) is 3.39. The van der Waals surface area contributed by atoms with Crippen molar-refractivity contribution in [3.63, 3.8) is 0 Å². The number of rotatable bonds is 7. The molecule has 1 heterocycles. The lowest BCUT2D eigenvalue weighted by Gasteiger charge is -2.30. The molecule has 1 aromatic rings. The first-order valence-corrected chi connectivity index (χ1v) is 7.12. The van der Waals surface area contributed by atoms with Crippen molar-refractivity contribution in [3.8, 4) is 0 Å². The lowest BCUT2D eigenvalue weighted by Crippen LogP contribution is -2.42. The fraction of sp³-hybridized carbons (Fsp3) is 0.769. The highest BCUT2D eigenvalue weighted by molar-refractivity contribution is 6.31. The first kappa shape index (κ1) is 16.4. The Morgan fingerprint density at radius 1 is 1.42 bits per heavy atom. The van der Waals surface area contributed by atoms with E-state index in [9.17, 15) is 0 Å². The molecule has 3 N–H and O–H groups in total. The van der Waals surface area contributed by atoms with E-state index in [0.29, 0.717) is 17.5 Å². The third kappa shape index (κ3) is 3.69. The molecule has 0 aliphatic heterocycles. The van der Waals surface area contributed by atoms with Gasteiger partial charge in [-0.15, -0.1) is 0 Å². The first-order chi connectivity index (χ1) is 8.93. The van der Waals surface area contributed by atoms with Crippen LogP contribution in [0, 0.1) is 5.92 Å². The van der Waals surface area contributed by atoms with Gasteiger partial charge in [0.05, 0.1) is 29.1 Å². The Kier molecular flexibility index (Phi) is 6.26. The van der Waals surface area contributed by atoms with Crippen LogP contribution in [0.3, 0.4) is 0 Å². The van der Waals surface area contributed by atoms with Crippen LogP contribution in [0.5, 0.6) is 0 Å². The summed E-state index contributed by atoms with van der Waals surface area (Å²) in [6, 6.07) is 0.0325. The summed E-state index contributed by atoms with van der Waals surface area (Å²) < 4.78 is 7.72. The molecule has 0 aromatic carbocycles. The van der Waals surface area contributed by atoms with Gasteiger partial charge in [0, 0.05) is 12.6 Å². The molecule has 1 rings (SSSR count). The highest BCUT2D eigenvalue weighted by Gasteiger charge is 2.31. The van der Waals surface area contributed by atoms with Gasteiger partial charge in [-0.3, -0.25) is 10.5 Å². The fourth-order valence-electron chi connectivity index (χ4n) is 2.25. The normalized spacial score (nSPS) is 15.2. The monoisotopic (exact) mass is 288 g/mol. The zero-order chi connectivity index (χ0) is 14.6. The lowest BCUT2D eigenvalue weighted by molar-refractivity contribution is 0.000478. The molecule has 2 atom stereocenters. The van der Waals surface area contributed by atoms with E-state index in [1.807, 2.05) is 11.6 Å². The number of hydrogen-bond donors (Lipinski definition) is 2. The van der Waals surface area contributed by atoms with Crippen molar-refractivity contribution in [2.45, 2.75) is 52.8 Å². The Bertz CT molecular complexity index is 392. The predicted octanol–water partition coefficient (Wildman–Crippen LogP) is 2.68. The van der Waals surface area contributed by atoms with Crippen molar-refractivity contribution in [1.82, 2.24) is 15.2 Å². The molecule has 0 amide bonds. The number of hydrogen-bond acceptors (Lipinski definition) is 4. The van der Waals surface area contributed by atoms with Crippen molar-refractivity contribution in [2.24, 2.45) is 11.8 Å².